The fourth-order valence-corrected chi connectivity index (χ4v) is 4.23. The Kier molecular flexibility index (Phi) is 6.49. The maximum absolute atomic E-state index is 12.7. The van der Waals surface area contributed by atoms with E-state index in [4.69, 9.17) is 0 Å². The normalized spacial score (nSPS) is 21.5. The zero-order valence-corrected chi connectivity index (χ0v) is 15.3. The Bertz CT molecular complexity index is 559. The predicted octanol–water partition coefficient (Wildman–Crippen LogP) is 3.49. The third-order valence-corrected chi connectivity index (χ3v) is 5.79. The first-order valence-electron chi connectivity index (χ1n) is 9.95. The molecular weight excluding hydrogens is 312 g/mol. The van der Waals surface area contributed by atoms with Crippen molar-refractivity contribution in [1.29, 1.82) is 0 Å². The van der Waals surface area contributed by atoms with Gasteiger partial charge in [0.05, 0.1) is 12.1 Å². The molecule has 1 aromatic rings. The molecule has 1 aliphatic heterocycles. The first kappa shape index (κ1) is 18.4. The highest BCUT2D eigenvalue weighted by atomic mass is 16.3. The van der Waals surface area contributed by atoms with E-state index in [-0.39, 0.29) is 12.5 Å². The summed E-state index contributed by atoms with van der Waals surface area (Å²) in [6, 6.07) is 8.00. The van der Waals surface area contributed by atoms with Crippen LogP contribution in [0.5, 0.6) is 0 Å². The topological polar surface area (TPSA) is 52.6 Å². The van der Waals surface area contributed by atoms with E-state index >= 15 is 0 Å². The summed E-state index contributed by atoms with van der Waals surface area (Å²) in [5.74, 6) is -0.0475. The molecule has 1 saturated carbocycles. The first-order chi connectivity index (χ1) is 12.2. The van der Waals surface area contributed by atoms with Gasteiger partial charge < -0.3 is 10.4 Å². The van der Waals surface area contributed by atoms with Crippen molar-refractivity contribution in [3.05, 3.63) is 35.4 Å². The van der Waals surface area contributed by atoms with Gasteiger partial charge in [-0.3, -0.25) is 9.69 Å². The standard InChI is InChI=1S/C21H32N2O2/c24-17-21(11-4-3-5-12-21)22-20(25)19-10-8-9-18(15-19)16-23-13-6-1-2-7-14-23/h8-10,15,24H,1-7,11-14,16-17H2,(H,22,25). The number of carbonyl (C=O) groups is 1. The Hall–Kier alpha value is -1.39. The number of rotatable bonds is 5. The summed E-state index contributed by atoms with van der Waals surface area (Å²) in [4.78, 5) is 15.2. The summed E-state index contributed by atoms with van der Waals surface area (Å²) >= 11 is 0. The minimum Gasteiger partial charge on any atom is -0.394 e. The van der Waals surface area contributed by atoms with Crippen molar-refractivity contribution in [1.82, 2.24) is 10.2 Å². The van der Waals surface area contributed by atoms with E-state index in [9.17, 15) is 9.90 Å². The summed E-state index contributed by atoms with van der Waals surface area (Å²) in [5, 5.41) is 13.0. The Morgan fingerprint density at radius 3 is 2.40 bits per heavy atom. The number of likely N-dealkylation sites (tertiary alicyclic amines) is 1. The third kappa shape index (κ3) is 5.05. The number of hydrogen-bond acceptors (Lipinski definition) is 3. The van der Waals surface area contributed by atoms with Gasteiger partial charge in [-0.2, -0.15) is 0 Å². The van der Waals surface area contributed by atoms with Crippen molar-refractivity contribution >= 4 is 5.91 Å². The number of carbonyl (C=O) groups excluding carboxylic acids is 1. The lowest BCUT2D eigenvalue weighted by atomic mass is 9.82. The minimum absolute atomic E-state index is 0.0339. The summed E-state index contributed by atoms with van der Waals surface area (Å²) < 4.78 is 0. The highest BCUT2D eigenvalue weighted by Gasteiger charge is 2.33. The molecular formula is C21H32N2O2. The maximum Gasteiger partial charge on any atom is 0.251 e. The Balaban J connectivity index is 1.64. The molecule has 2 aliphatic rings. The molecule has 2 fully saturated rings. The second-order valence-corrected chi connectivity index (χ2v) is 7.84. The van der Waals surface area contributed by atoms with E-state index in [1.165, 1.54) is 37.7 Å². The van der Waals surface area contributed by atoms with E-state index in [0.717, 1.165) is 45.3 Å². The molecule has 1 saturated heterocycles. The lowest BCUT2D eigenvalue weighted by molar-refractivity contribution is 0.0758. The molecule has 0 atom stereocenters. The zero-order chi connectivity index (χ0) is 17.5. The quantitative estimate of drug-likeness (QED) is 0.860. The second-order valence-electron chi connectivity index (χ2n) is 7.84. The molecule has 4 nitrogen and oxygen atoms in total. The van der Waals surface area contributed by atoms with Crippen LogP contribution < -0.4 is 5.32 Å². The third-order valence-electron chi connectivity index (χ3n) is 5.79. The molecule has 2 N–H and O–H groups in total. The average molecular weight is 344 g/mol. The van der Waals surface area contributed by atoms with Gasteiger partial charge in [-0.15, -0.1) is 0 Å². The van der Waals surface area contributed by atoms with E-state index in [0.29, 0.717) is 5.56 Å². The molecule has 0 spiro atoms. The van der Waals surface area contributed by atoms with Crippen LogP contribution in [0.15, 0.2) is 24.3 Å². The SMILES string of the molecule is O=C(NC1(CO)CCCCC1)c1cccc(CN2CCCCCC2)c1. The lowest BCUT2D eigenvalue weighted by Gasteiger charge is -2.36. The number of aliphatic hydroxyl groups is 1. The van der Waals surface area contributed by atoms with Crippen LogP contribution in [0, 0.1) is 0 Å². The zero-order valence-electron chi connectivity index (χ0n) is 15.3. The van der Waals surface area contributed by atoms with Crippen LogP contribution >= 0.6 is 0 Å². The molecule has 1 amide bonds. The van der Waals surface area contributed by atoms with Crippen molar-refractivity contribution in [2.75, 3.05) is 19.7 Å². The molecule has 1 aliphatic carbocycles. The fourth-order valence-electron chi connectivity index (χ4n) is 4.23. The van der Waals surface area contributed by atoms with Crippen molar-refractivity contribution < 1.29 is 9.90 Å². The van der Waals surface area contributed by atoms with Crippen molar-refractivity contribution in [2.45, 2.75) is 69.9 Å². The van der Waals surface area contributed by atoms with Crippen LogP contribution in [-0.4, -0.2) is 41.1 Å². The van der Waals surface area contributed by atoms with Gasteiger partial charge in [0.2, 0.25) is 0 Å². The van der Waals surface area contributed by atoms with Crippen LogP contribution in [0.2, 0.25) is 0 Å². The molecule has 3 rings (SSSR count). The molecule has 1 heterocycles. The molecule has 0 aromatic heterocycles. The summed E-state index contributed by atoms with van der Waals surface area (Å²) in [6.07, 6.45) is 10.3. The second kappa shape index (κ2) is 8.81. The number of benzene rings is 1. The number of aliphatic hydroxyl groups excluding tert-OH is 1. The average Bonchev–Trinajstić information content (AvgIpc) is 2.91. The van der Waals surface area contributed by atoms with Gasteiger partial charge in [0.1, 0.15) is 0 Å². The highest BCUT2D eigenvalue weighted by molar-refractivity contribution is 5.94. The predicted molar refractivity (Wildman–Crippen MR) is 101 cm³/mol. The van der Waals surface area contributed by atoms with Gasteiger partial charge in [0.15, 0.2) is 0 Å². The molecule has 4 heteroatoms. The summed E-state index contributed by atoms with van der Waals surface area (Å²) in [5.41, 5.74) is 1.50. The van der Waals surface area contributed by atoms with Gasteiger partial charge in [0.25, 0.3) is 5.91 Å². The molecule has 0 radical (unpaired) electrons. The first-order valence-corrected chi connectivity index (χ1v) is 9.95. The van der Waals surface area contributed by atoms with E-state index in [1.54, 1.807) is 0 Å². The Morgan fingerprint density at radius 2 is 1.72 bits per heavy atom. The minimum atomic E-state index is -0.421. The van der Waals surface area contributed by atoms with Gasteiger partial charge in [-0.1, -0.05) is 44.2 Å². The van der Waals surface area contributed by atoms with Gasteiger partial charge >= 0.3 is 0 Å². The molecule has 138 valence electrons. The number of nitrogens with zero attached hydrogens (tertiary/aromatic N) is 1. The molecule has 0 bridgehead atoms. The van der Waals surface area contributed by atoms with Crippen LogP contribution in [0.3, 0.4) is 0 Å². The fraction of sp³-hybridized carbons (Fsp3) is 0.667. The maximum atomic E-state index is 12.7. The van der Waals surface area contributed by atoms with Crippen LogP contribution in [0.25, 0.3) is 0 Å². The Labute approximate surface area is 151 Å². The van der Waals surface area contributed by atoms with E-state index < -0.39 is 5.54 Å². The Morgan fingerprint density at radius 1 is 1.04 bits per heavy atom. The monoisotopic (exact) mass is 344 g/mol. The van der Waals surface area contributed by atoms with Gasteiger partial charge in [-0.25, -0.2) is 0 Å². The van der Waals surface area contributed by atoms with Gasteiger partial charge in [0, 0.05) is 12.1 Å². The van der Waals surface area contributed by atoms with E-state index in [1.807, 2.05) is 18.2 Å². The molecule has 1 aromatic carbocycles. The van der Waals surface area contributed by atoms with Crippen LogP contribution in [0.4, 0.5) is 0 Å². The highest BCUT2D eigenvalue weighted by Crippen LogP contribution is 2.28. The van der Waals surface area contributed by atoms with Crippen LogP contribution in [0.1, 0.15) is 73.7 Å². The van der Waals surface area contributed by atoms with Gasteiger partial charge in [-0.05, 0) is 56.5 Å². The van der Waals surface area contributed by atoms with Crippen LogP contribution in [-0.2, 0) is 6.54 Å². The smallest absolute Gasteiger partial charge is 0.251 e. The lowest BCUT2D eigenvalue weighted by Crippen LogP contribution is -2.52. The summed E-state index contributed by atoms with van der Waals surface area (Å²) in [6.45, 7) is 3.27. The molecule has 25 heavy (non-hydrogen) atoms. The summed E-state index contributed by atoms with van der Waals surface area (Å²) in [7, 11) is 0. The van der Waals surface area contributed by atoms with E-state index in [2.05, 4.69) is 16.3 Å². The van der Waals surface area contributed by atoms with Crippen molar-refractivity contribution in [3.8, 4) is 0 Å². The number of hydrogen-bond donors (Lipinski definition) is 2. The van der Waals surface area contributed by atoms with Crippen molar-refractivity contribution in [2.24, 2.45) is 0 Å². The number of nitrogens with one attached hydrogen (secondary N) is 1. The van der Waals surface area contributed by atoms with Crippen molar-refractivity contribution in [3.63, 3.8) is 0 Å². The molecule has 0 unspecified atom stereocenters. The number of amides is 1. The largest absolute Gasteiger partial charge is 0.394 e.